The topological polar surface area (TPSA) is 38.3 Å². The van der Waals surface area contributed by atoms with Crippen LogP contribution in [0.3, 0.4) is 0 Å². The van der Waals surface area contributed by atoms with Gasteiger partial charge in [-0.1, -0.05) is 68.5 Å². The largest absolute Gasteiger partial charge is 0.457 e. The van der Waals surface area contributed by atoms with E-state index >= 15 is 0 Å². The smallest absolute Gasteiger partial charge is 0.232 e. The van der Waals surface area contributed by atoms with E-state index in [0.29, 0.717) is 12.0 Å². The Kier molecular flexibility index (Phi) is 6.11. The molecule has 1 N–H and O–H groups in total. The summed E-state index contributed by atoms with van der Waals surface area (Å²) >= 11 is 0. The van der Waals surface area contributed by atoms with Crippen LogP contribution >= 0.6 is 0 Å². The summed E-state index contributed by atoms with van der Waals surface area (Å²) in [5.41, 5.74) is 1.97. The Morgan fingerprint density at radius 1 is 0.882 bits per heavy atom. The van der Waals surface area contributed by atoms with Gasteiger partial charge in [-0.15, -0.1) is 0 Å². The zero-order valence-corrected chi connectivity index (χ0v) is 20.4. The number of nitrogens with one attached hydrogen (secondary N) is 1. The van der Waals surface area contributed by atoms with E-state index in [1.165, 1.54) is 81.9 Å². The minimum absolute atomic E-state index is 0.141. The molecule has 7 rings (SSSR count). The Labute approximate surface area is 204 Å². The monoisotopic (exact) mass is 459 g/mol. The van der Waals surface area contributed by atoms with Gasteiger partial charge < -0.3 is 14.5 Å². The maximum atomic E-state index is 13.8. The van der Waals surface area contributed by atoms with Crippen LogP contribution in [0.1, 0.15) is 74.8 Å². The number of amides is 1. The van der Waals surface area contributed by atoms with Gasteiger partial charge in [-0.05, 0) is 36.8 Å². The van der Waals surface area contributed by atoms with E-state index in [0.717, 1.165) is 35.1 Å². The molecular formula is C30H39N2O2+. The molecule has 5 aliphatic rings. The number of carbonyl (C=O) groups excluding carboxylic acids is 1. The molecule has 3 saturated heterocycles. The van der Waals surface area contributed by atoms with Crippen molar-refractivity contribution in [1.82, 2.24) is 5.32 Å². The fourth-order valence-electron chi connectivity index (χ4n) is 7.41. The Morgan fingerprint density at radius 2 is 1.53 bits per heavy atom. The first-order valence-corrected chi connectivity index (χ1v) is 13.7. The molecule has 0 aromatic heterocycles. The number of ether oxygens (including phenoxy) is 1. The fraction of sp³-hybridized carbons (Fsp3) is 0.567. The van der Waals surface area contributed by atoms with Gasteiger partial charge in [0, 0.05) is 24.0 Å². The molecule has 4 aliphatic heterocycles. The second kappa shape index (κ2) is 9.37. The van der Waals surface area contributed by atoms with E-state index < -0.39 is 0 Å². The van der Waals surface area contributed by atoms with E-state index in [1.54, 1.807) is 0 Å². The van der Waals surface area contributed by atoms with Crippen LogP contribution in [-0.4, -0.2) is 42.6 Å². The summed E-state index contributed by atoms with van der Waals surface area (Å²) in [5, 5.41) is 3.56. The van der Waals surface area contributed by atoms with E-state index in [1.807, 2.05) is 48.5 Å². The fourth-order valence-corrected chi connectivity index (χ4v) is 7.41. The number of quaternary nitrogens is 1. The number of nitrogens with zero attached hydrogens (tertiary/aromatic N) is 1. The highest BCUT2D eigenvalue weighted by Crippen LogP contribution is 2.44. The van der Waals surface area contributed by atoms with Gasteiger partial charge in [-0.3, -0.25) is 4.79 Å². The van der Waals surface area contributed by atoms with E-state index in [9.17, 15) is 4.79 Å². The molecular weight excluding hydrogens is 420 g/mol. The van der Waals surface area contributed by atoms with Crippen molar-refractivity contribution in [3.63, 3.8) is 0 Å². The number of hydrogen-bond donors (Lipinski definition) is 1. The van der Waals surface area contributed by atoms with Crippen LogP contribution in [0.25, 0.3) is 0 Å². The lowest BCUT2D eigenvalue weighted by Crippen LogP contribution is -2.67. The van der Waals surface area contributed by atoms with Crippen LogP contribution in [0, 0.1) is 11.8 Å². The summed E-state index contributed by atoms with van der Waals surface area (Å²) in [6.07, 6.45) is 12.5. The normalized spacial score (nSPS) is 28.6. The van der Waals surface area contributed by atoms with Gasteiger partial charge >= 0.3 is 0 Å². The number of fused-ring (bicyclic) bond motifs is 5. The lowest BCUT2D eigenvalue weighted by atomic mass is 9.80. The molecule has 1 saturated carbocycles. The SMILES string of the molecule is O=C(N[C@H]1C[N+]2(CCCC3CCCCC3)CCC1CC2)C1c2ccccc2Oc2ccccc21. The quantitative estimate of drug-likeness (QED) is 0.537. The molecule has 1 aliphatic carbocycles. The number of rotatable bonds is 6. The Hall–Kier alpha value is -2.33. The van der Waals surface area contributed by atoms with Gasteiger partial charge in [0.1, 0.15) is 11.5 Å². The van der Waals surface area contributed by atoms with E-state index in [4.69, 9.17) is 4.74 Å². The number of para-hydroxylation sites is 2. The molecule has 4 fully saturated rings. The standard InChI is InChI=1S/C30H38N2O2/c33-30(29-24-12-4-6-14-27(24)34-28-15-7-5-13-25(28)29)31-26-21-32(19-16-23(26)17-20-32)18-8-11-22-9-2-1-3-10-22/h4-7,12-15,22-23,26,29H,1-3,8-11,16-21H2/p+1/t23?,26-,32?/m0/s1. The second-order valence-corrected chi connectivity index (χ2v) is 11.4. The van der Waals surface area contributed by atoms with Crippen LogP contribution < -0.4 is 10.1 Å². The van der Waals surface area contributed by atoms with Crippen molar-refractivity contribution in [2.45, 2.75) is 69.7 Å². The minimum Gasteiger partial charge on any atom is -0.457 e. The first-order valence-electron chi connectivity index (χ1n) is 13.7. The highest BCUT2D eigenvalue weighted by molar-refractivity contribution is 5.89. The van der Waals surface area contributed by atoms with Crippen molar-refractivity contribution in [3.05, 3.63) is 59.7 Å². The van der Waals surface area contributed by atoms with E-state index in [-0.39, 0.29) is 11.8 Å². The van der Waals surface area contributed by atoms with Gasteiger partial charge in [0.15, 0.2) is 0 Å². The van der Waals surface area contributed by atoms with Gasteiger partial charge in [0.05, 0.1) is 38.1 Å². The second-order valence-electron chi connectivity index (χ2n) is 11.4. The highest BCUT2D eigenvalue weighted by atomic mass is 16.5. The predicted molar refractivity (Wildman–Crippen MR) is 135 cm³/mol. The minimum atomic E-state index is -0.295. The maximum absolute atomic E-state index is 13.8. The molecule has 1 amide bonds. The Balaban J connectivity index is 1.15. The zero-order valence-electron chi connectivity index (χ0n) is 20.4. The molecule has 1 atom stereocenters. The third-order valence-corrected chi connectivity index (χ3v) is 9.34. The summed E-state index contributed by atoms with van der Waals surface area (Å²) in [6.45, 7) is 5.04. The van der Waals surface area contributed by atoms with Crippen LogP contribution in [0.5, 0.6) is 11.5 Å². The Bertz CT molecular complexity index is 974. The third kappa shape index (κ3) is 4.26. The third-order valence-electron chi connectivity index (χ3n) is 9.34. The average Bonchev–Trinajstić information content (AvgIpc) is 2.88. The first-order chi connectivity index (χ1) is 16.7. The van der Waals surface area contributed by atoms with Crippen molar-refractivity contribution >= 4 is 5.91 Å². The molecule has 2 bridgehead atoms. The van der Waals surface area contributed by atoms with Crippen molar-refractivity contribution < 1.29 is 14.0 Å². The lowest BCUT2D eigenvalue weighted by molar-refractivity contribution is -0.944. The van der Waals surface area contributed by atoms with Crippen LogP contribution in [0.15, 0.2) is 48.5 Å². The number of benzene rings is 2. The van der Waals surface area contributed by atoms with Gasteiger partial charge in [-0.25, -0.2) is 0 Å². The first kappa shape index (κ1) is 22.2. The Morgan fingerprint density at radius 3 is 2.21 bits per heavy atom. The van der Waals surface area contributed by atoms with Crippen LogP contribution in [0.2, 0.25) is 0 Å². The van der Waals surface area contributed by atoms with Crippen LogP contribution in [-0.2, 0) is 4.79 Å². The van der Waals surface area contributed by atoms with Crippen molar-refractivity contribution in [3.8, 4) is 11.5 Å². The number of carbonyl (C=O) groups is 1. The van der Waals surface area contributed by atoms with Crippen LogP contribution in [0.4, 0.5) is 0 Å². The summed E-state index contributed by atoms with van der Waals surface area (Å²) in [4.78, 5) is 13.8. The molecule has 4 nitrogen and oxygen atoms in total. The molecule has 4 heterocycles. The average molecular weight is 460 g/mol. The maximum Gasteiger partial charge on any atom is 0.232 e. The van der Waals surface area contributed by atoms with Gasteiger partial charge in [0.25, 0.3) is 0 Å². The zero-order chi connectivity index (χ0) is 23.0. The van der Waals surface area contributed by atoms with Crippen molar-refractivity contribution in [2.75, 3.05) is 26.2 Å². The van der Waals surface area contributed by atoms with E-state index in [2.05, 4.69) is 5.32 Å². The predicted octanol–water partition coefficient (Wildman–Crippen LogP) is 6.01. The van der Waals surface area contributed by atoms with Crippen molar-refractivity contribution in [1.29, 1.82) is 0 Å². The molecule has 2 aromatic rings. The molecule has 2 aromatic carbocycles. The molecule has 4 heteroatoms. The molecule has 180 valence electrons. The lowest BCUT2D eigenvalue weighted by Gasteiger charge is -2.53. The molecule has 0 radical (unpaired) electrons. The van der Waals surface area contributed by atoms with Crippen molar-refractivity contribution in [2.24, 2.45) is 11.8 Å². The highest BCUT2D eigenvalue weighted by Gasteiger charge is 2.47. The summed E-state index contributed by atoms with van der Waals surface area (Å²) in [7, 11) is 0. The van der Waals surface area contributed by atoms with Gasteiger partial charge in [-0.2, -0.15) is 0 Å². The number of hydrogen-bond acceptors (Lipinski definition) is 2. The molecule has 34 heavy (non-hydrogen) atoms. The summed E-state index contributed by atoms with van der Waals surface area (Å²) in [5.74, 6) is 3.06. The summed E-state index contributed by atoms with van der Waals surface area (Å²) < 4.78 is 7.36. The summed E-state index contributed by atoms with van der Waals surface area (Å²) in [6, 6.07) is 16.3. The molecule has 0 unspecified atom stereocenters. The van der Waals surface area contributed by atoms with Gasteiger partial charge in [0.2, 0.25) is 5.91 Å². The number of piperidine rings is 3. The molecule has 0 spiro atoms.